The third kappa shape index (κ3) is 3.79. The van der Waals surface area contributed by atoms with Gasteiger partial charge in [0.2, 0.25) is 23.7 Å². The predicted molar refractivity (Wildman–Crippen MR) is 88.9 cm³/mol. The highest BCUT2D eigenvalue weighted by Gasteiger charge is 2.19. The number of nitrogens with zero attached hydrogens (tertiary/aromatic N) is 7. The quantitative estimate of drug-likeness (QED) is 0.781. The van der Waals surface area contributed by atoms with E-state index in [2.05, 4.69) is 30.0 Å². The number of hydrogen-bond donors (Lipinski definition) is 0. The zero-order chi connectivity index (χ0) is 16.9. The monoisotopic (exact) mass is 331 g/mol. The zero-order valence-corrected chi connectivity index (χ0v) is 14.1. The average molecular weight is 331 g/mol. The van der Waals surface area contributed by atoms with Crippen LogP contribution in [-0.2, 0) is 0 Å². The highest BCUT2D eigenvalue weighted by molar-refractivity contribution is 5.40. The van der Waals surface area contributed by atoms with Gasteiger partial charge >= 0.3 is 6.01 Å². The molecule has 0 radical (unpaired) electrons. The molecule has 0 unspecified atom stereocenters. The zero-order valence-electron chi connectivity index (χ0n) is 14.1. The molecule has 0 amide bonds. The molecular formula is C15H21N7O2. The van der Waals surface area contributed by atoms with Crippen molar-refractivity contribution in [1.82, 2.24) is 25.1 Å². The first kappa shape index (κ1) is 16.2. The van der Waals surface area contributed by atoms with Crippen LogP contribution < -0.4 is 19.3 Å². The van der Waals surface area contributed by atoms with Crippen molar-refractivity contribution < 1.29 is 9.47 Å². The molecule has 0 N–H and O–H groups in total. The van der Waals surface area contributed by atoms with Crippen molar-refractivity contribution in [2.24, 2.45) is 0 Å². The summed E-state index contributed by atoms with van der Waals surface area (Å²) in [6.07, 6.45) is 2.28. The maximum absolute atomic E-state index is 5.66. The Morgan fingerprint density at radius 1 is 1.04 bits per heavy atom. The van der Waals surface area contributed by atoms with Crippen LogP contribution in [-0.4, -0.2) is 58.9 Å². The molecule has 2 aromatic heterocycles. The van der Waals surface area contributed by atoms with E-state index < -0.39 is 0 Å². The van der Waals surface area contributed by atoms with Crippen molar-refractivity contribution >= 4 is 11.9 Å². The Bertz CT molecular complexity index is 672. The lowest BCUT2D eigenvalue weighted by molar-refractivity contribution is 0.318. The fourth-order valence-electron chi connectivity index (χ4n) is 2.32. The highest BCUT2D eigenvalue weighted by atomic mass is 16.5. The van der Waals surface area contributed by atoms with Crippen molar-refractivity contribution in [2.75, 3.05) is 43.6 Å². The molecule has 1 fully saturated rings. The summed E-state index contributed by atoms with van der Waals surface area (Å²) in [5.41, 5.74) is 0. The second-order valence-electron chi connectivity index (χ2n) is 5.55. The topological polar surface area (TPSA) is 89.4 Å². The maximum atomic E-state index is 5.66. The van der Waals surface area contributed by atoms with Crippen LogP contribution in [0.1, 0.15) is 19.8 Å². The molecule has 0 aromatic carbocycles. The van der Waals surface area contributed by atoms with Gasteiger partial charge in [0.15, 0.2) is 0 Å². The van der Waals surface area contributed by atoms with Crippen molar-refractivity contribution in [3.8, 4) is 17.8 Å². The average Bonchev–Trinajstić information content (AvgIpc) is 3.11. The van der Waals surface area contributed by atoms with E-state index in [1.807, 2.05) is 25.9 Å². The second-order valence-corrected chi connectivity index (χ2v) is 5.55. The van der Waals surface area contributed by atoms with Crippen LogP contribution in [0.3, 0.4) is 0 Å². The number of ether oxygens (including phenoxy) is 2. The second kappa shape index (κ2) is 7.24. The van der Waals surface area contributed by atoms with Gasteiger partial charge in [-0.2, -0.15) is 15.0 Å². The summed E-state index contributed by atoms with van der Waals surface area (Å²) in [5.74, 6) is 1.93. The van der Waals surface area contributed by atoms with Gasteiger partial charge < -0.3 is 19.3 Å². The standard InChI is InChI=1S/C15H21N7O2/c1-4-23-11-7-8-12(20-19-11)24-15-17-13(21(2)3)16-14(18-15)22-9-5-6-10-22/h7-8H,4-6,9-10H2,1-3H3. The molecule has 24 heavy (non-hydrogen) atoms. The Morgan fingerprint density at radius 2 is 1.75 bits per heavy atom. The molecule has 1 aliphatic rings. The lowest BCUT2D eigenvalue weighted by atomic mass is 10.4. The molecule has 0 atom stereocenters. The molecule has 0 saturated carbocycles. The number of aromatic nitrogens is 5. The normalized spacial score (nSPS) is 13.9. The Hall–Kier alpha value is -2.71. The molecule has 2 aromatic rings. The van der Waals surface area contributed by atoms with E-state index in [-0.39, 0.29) is 6.01 Å². The maximum Gasteiger partial charge on any atom is 0.330 e. The molecule has 128 valence electrons. The van der Waals surface area contributed by atoms with Gasteiger partial charge in [0.25, 0.3) is 0 Å². The lowest BCUT2D eigenvalue weighted by Gasteiger charge is -2.18. The largest absolute Gasteiger partial charge is 0.477 e. The summed E-state index contributed by atoms with van der Waals surface area (Å²) >= 11 is 0. The van der Waals surface area contributed by atoms with Gasteiger partial charge in [-0.05, 0) is 19.8 Å². The van der Waals surface area contributed by atoms with Crippen LogP contribution >= 0.6 is 0 Å². The van der Waals surface area contributed by atoms with E-state index in [4.69, 9.17) is 9.47 Å². The number of anilines is 2. The SMILES string of the molecule is CCOc1ccc(Oc2nc(N(C)C)nc(N3CCCC3)n2)nn1. The van der Waals surface area contributed by atoms with E-state index in [0.29, 0.717) is 30.3 Å². The van der Waals surface area contributed by atoms with Gasteiger partial charge in [0.05, 0.1) is 6.61 Å². The van der Waals surface area contributed by atoms with Crippen LogP contribution in [0, 0.1) is 0 Å². The summed E-state index contributed by atoms with van der Waals surface area (Å²) < 4.78 is 10.9. The summed E-state index contributed by atoms with van der Waals surface area (Å²) in [7, 11) is 3.76. The molecule has 9 heteroatoms. The van der Waals surface area contributed by atoms with E-state index >= 15 is 0 Å². The Balaban J connectivity index is 1.83. The van der Waals surface area contributed by atoms with Crippen molar-refractivity contribution in [2.45, 2.75) is 19.8 Å². The van der Waals surface area contributed by atoms with Gasteiger partial charge in [0, 0.05) is 39.3 Å². The predicted octanol–water partition coefficient (Wildman–Crippen LogP) is 1.52. The van der Waals surface area contributed by atoms with Gasteiger partial charge in [-0.15, -0.1) is 10.2 Å². The first-order valence-corrected chi connectivity index (χ1v) is 7.98. The van der Waals surface area contributed by atoms with Crippen LogP contribution in [0.2, 0.25) is 0 Å². The highest BCUT2D eigenvalue weighted by Crippen LogP contribution is 2.23. The van der Waals surface area contributed by atoms with Crippen LogP contribution in [0.5, 0.6) is 17.8 Å². The van der Waals surface area contributed by atoms with E-state index in [1.165, 1.54) is 0 Å². The van der Waals surface area contributed by atoms with E-state index in [1.54, 1.807) is 12.1 Å². The Kier molecular flexibility index (Phi) is 4.88. The molecule has 9 nitrogen and oxygen atoms in total. The minimum Gasteiger partial charge on any atom is -0.477 e. The fourth-order valence-corrected chi connectivity index (χ4v) is 2.32. The summed E-state index contributed by atoms with van der Waals surface area (Å²) in [5, 5.41) is 7.90. The molecule has 3 heterocycles. The van der Waals surface area contributed by atoms with Gasteiger partial charge in [-0.25, -0.2) is 0 Å². The number of rotatable bonds is 6. The molecule has 1 aliphatic heterocycles. The van der Waals surface area contributed by atoms with Gasteiger partial charge in [-0.3, -0.25) is 0 Å². The van der Waals surface area contributed by atoms with E-state index in [0.717, 1.165) is 25.9 Å². The van der Waals surface area contributed by atoms with Crippen LogP contribution in [0.4, 0.5) is 11.9 Å². The lowest BCUT2D eigenvalue weighted by Crippen LogP contribution is -2.23. The molecule has 0 spiro atoms. The van der Waals surface area contributed by atoms with Crippen molar-refractivity contribution in [1.29, 1.82) is 0 Å². The van der Waals surface area contributed by atoms with Crippen molar-refractivity contribution in [3.63, 3.8) is 0 Å². The van der Waals surface area contributed by atoms with E-state index in [9.17, 15) is 0 Å². The third-order valence-electron chi connectivity index (χ3n) is 3.48. The smallest absolute Gasteiger partial charge is 0.330 e. The van der Waals surface area contributed by atoms with Crippen LogP contribution in [0.25, 0.3) is 0 Å². The fraction of sp³-hybridized carbons (Fsp3) is 0.533. The molecule has 0 bridgehead atoms. The van der Waals surface area contributed by atoms with Gasteiger partial charge in [0.1, 0.15) is 0 Å². The van der Waals surface area contributed by atoms with Gasteiger partial charge in [-0.1, -0.05) is 0 Å². The minimum absolute atomic E-state index is 0.203. The van der Waals surface area contributed by atoms with Crippen molar-refractivity contribution in [3.05, 3.63) is 12.1 Å². The summed E-state index contributed by atoms with van der Waals surface area (Å²) in [6.45, 7) is 4.31. The third-order valence-corrected chi connectivity index (χ3v) is 3.48. The first-order chi connectivity index (χ1) is 11.7. The molecular weight excluding hydrogens is 310 g/mol. The first-order valence-electron chi connectivity index (χ1n) is 7.98. The molecule has 3 rings (SSSR count). The molecule has 1 saturated heterocycles. The number of hydrogen-bond acceptors (Lipinski definition) is 9. The Labute approximate surface area is 140 Å². The van der Waals surface area contributed by atoms with Crippen LogP contribution in [0.15, 0.2) is 12.1 Å². The summed E-state index contributed by atoms with van der Waals surface area (Å²) in [6, 6.07) is 3.57. The Morgan fingerprint density at radius 3 is 2.38 bits per heavy atom. The molecule has 0 aliphatic carbocycles. The minimum atomic E-state index is 0.203. The summed E-state index contributed by atoms with van der Waals surface area (Å²) in [4.78, 5) is 17.2.